The third kappa shape index (κ3) is 3.80. The predicted molar refractivity (Wildman–Crippen MR) is 76.5 cm³/mol. The minimum absolute atomic E-state index is 0.131. The number of hydrogen-bond donors (Lipinski definition) is 0. The first kappa shape index (κ1) is 14.5. The molecule has 5 heteroatoms. The molecule has 0 radical (unpaired) electrons. The fourth-order valence-electron chi connectivity index (χ4n) is 1.74. The van der Waals surface area contributed by atoms with Gasteiger partial charge in [-0.25, -0.2) is 9.78 Å². The number of carbonyl (C=O) groups is 1. The van der Waals surface area contributed by atoms with Gasteiger partial charge in [0, 0.05) is 5.56 Å². The molecule has 1 aromatic heterocycles. The Morgan fingerprint density at radius 3 is 2.67 bits per heavy atom. The number of nitriles is 1. The number of carbonyl (C=O) groups excluding carboxylic acids is 1. The second kappa shape index (κ2) is 7.06. The highest BCUT2D eigenvalue weighted by atomic mass is 16.6. The molecule has 1 heterocycles. The zero-order chi connectivity index (χ0) is 15.1. The maximum Gasteiger partial charge on any atom is 0.344 e. The van der Waals surface area contributed by atoms with E-state index >= 15 is 0 Å². The molecule has 0 amide bonds. The van der Waals surface area contributed by atoms with Crippen LogP contribution in [0.2, 0.25) is 0 Å². The lowest BCUT2D eigenvalue weighted by atomic mass is 10.1. The normalized spacial score (nSPS) is 9.71. The van der Waals surface area contributed by atoms with Crippen LogP contribution in [0.1, 0.15) is 12.5 Å². The monoisotopic (exact) mass is 282 g/mol. The van der Waals surface area contributed by atoms with E-state index in [0.717, 1.165) is 5.56 Å². The number of benzene rings is 1. The first-order valence-electron chi connectivity index (χ1n) is 6.49. The van der Waals surface area contributed by atoms with E-state index in [1.165, 1.54) is 0 Å². The van der Waals surface area contributed by atoms with Crippen LogP contribution in [0.15, 0.2) is 42.5 Å². The van der Waals surface area contributed by atoms with Crippen molar-refractivity contribution in [2.24, 2.45) is 0 Å². The molecular formula is C16H14N2O3. The Balaban J connectivity index is 2.23. The molecule has 1 aromatic carbocycles. The summed E-state index contributed by atoms with van der Waals surface area (Å²) in [6.07, 6.45) is 0. The third-order valence-electron chi connectivity index (χ3n) is 2.68. The summed E-state index contributed by atoms with van der Waals surface area (Å²) in [5.74, 6) is -0.361. The lowest BCUT2D eigenvalue weighted by Crippen LogP contribution is -2.15. The second-order valence-electron chi connectivity index (χ2n) is 4.12. The van der Waals surface area contributed by atoms with Gasteiger partial charge >= 0.3 is 5.97 Å². The van der Waals surface area contributed by atoms with Crippen molar-refractivity contribution in [2.45, 2.75) is 6.92 Å². The van der Waals surface area contributed by atoms with Gasteiger partial charge in [-0.3, -0.25) is 0 Å². The van der Waals surface area contributed by atoms with Gasteiger partial charge in [0.15, 0.2) is 6.61 Å². The second-order valence-corrected chi connectivity index (χ2v) is 4.12. The van der Waals surface area contributed by atoms with Gasteiger partial charge in [-0.2, -0.15) is 5.26 Å². The smallest absolute Gasteiger partial charge is 0.344 e. The summed E-state index contributed by atoms with van der Waals surface area (Å²) in [6, 6.07) is 14.9. The van der Waals surface area contributed by atoms with Crippen LogP contribution in [0.5, 0.6) is 5.88 Å². The highest BCUT2D eigenvalue weighted by Gasteiger charge is 2.11. The van der Waals surface area contributed by atoms with Crippen molar-refractivity contribution < 1.29 is 14.3 Å². The molecular weight excluding hydrogens is 268 g/mol. The van der Waals surface area contributed by atoms with Gasteiger partial charge in [0.25, 0.3) is 0 Å². The Bertz CT molecular complexity index is 663. The lowest BCUT2D eigenvalue weighted by molar-refractivity contribution is -0.145. The number of hydrogen-bond acceptors (Lipinski definition) is 5. The van der Waals surface area contributed by atoms with Crippen molar-refractivity contribution in [1.82, 2.24) is 4.98 Å². The minimum atomic E-state index is -0.492. The Kier molecular flexibility index (Phi) is 4.89. The minimum Gasteiger partial charge on any atom is -0.465 e. The number of ether oxygens (including phenoxy) is 2. The lowest BCUT2D eigenvalue weighted by Gasteiger charge is -2.08. The van der Waals surface area contributed by atoms with E-state index in [2.05, 4.69) is 4.98 Å². The molecule has 0 aliphatic heterocycles. The van der Waals surface area contributed by atoms with Gasteiger partial charge in [0.05, 0.1) is 12.3 Å². The molecule has 0 N–H and O–H groups in total. The number of esters is 1. The molecule has 2 rings (SSSR count). The van der Waals surface area contributed by atoms with E-state index in [-0.39, 0.29) is 24.7 Å². The Labute approximate surface area is 122 Å². The van der Waals surface area contributed by atoms with Crippen LogP contribution >= 0.6 is 0 Å². The summed E-state index contributed by atoms with van der Waals surface area (Å²) in [7, 11) is 0. The summed E-state index contributed by atoms with van der Waals surface area (Å²) in [5.41, 5.74) is 1.86. The molecule has 0 saturated carbocycles. The van der Waals surface area contributed by atoms with E-state index in [9.17, 15) is 4.79 Å². The van der Waals surface area contributed by atoms with Crippen LogP contribution in [-0.4, -0.2) is 24.2 Å². The van der Waals surface area contributed by atoms with Crippen LogP contribution in [0.4, 0.5) is 0 Å². The average Bonchev–Trinajstić information content (AvgIpc) is 2.54. The van der Waals surface area contributed by atoms with Crippen LogP contribution < -0.4 is 4.74 Å². The molecule has 0 bridgehead atoms. The van der Waals surface area contributed by atoms with Crippen molar-refractivity contribution in [2.75, 3.05) is 13.2 Å². The number of pyridine rings is 1. The Morgan fingerprint density at radius 1 is 1.24 bits per heavy atom. The average molecular weight is 282 g/mol. The summed E-state index contributed by atoms with van der Waals surface area (Å²) in [4.78, 5) is 15.6. The molecule has 0 aliphatic rings. The first-order valence-corrected chi connectivity index (χ1v) is 6.49. The molecule has 106 valence electrons. The Hall–Kier alpha value is -2.87. The summed E-state index contributed by atoms with van der Waals surface area (Å²) in [6.45, 7) is 1.73. The van der Waals surface area contributed by atoms with E-state index in [1.807, 2.05) is 36.4 Å². The van der Waals surface area contributed by atoms with Gasteiger partial charge in [-0.1, -0.05) is 30.3 Å². The summed E-state index contributed by atoms with van der Waals surface area (Å²) < 4.78 is 10.1. The van der Waals surface area contributed by atoms with Crippen molar-refractivity contribution in [3.63, 3.8) is 0 Å². The van der Waals surface area contributed by atoms with Crippen molar-refractivity contribution in [1.29, 1.82) is 5.26 Å². The quantitative estimate of drug-likeness (QED) is 0.788. The standard InChI is InChI=1S/C16H14N2O3/c1-2-20-15(19)11-21-16-13(10-17)8-9-14(18-16)12-6-4-3-5-7-12/h3-9H,2,11H2,1H3. The van der Waals surface area contributed by atoms with Gasteiger partial charge < -0.3 is 9.47 Å². The number of nitrogens with zero attached hydrogens (tertiary/aromatic N) is 2. The van der Waals surface area contributed by atoms with Crippen LogP contribution in [-0.2, 0) is 9.53 Å². The Morgan fingerprint density at radius 2 is 2.00 bits per heavy atom. The molecule has 0 atom stereocenters. The molecule has 5 nitrogen and oxygen atoms in total. The number of aromatic nitrogens is 1. The van der Waals surface area contributed by atoms with Gasteiger partial charge in [-0.05, 0) is 19.1 Å². The zero-order valence-electron chi connectivity index (χ0n) is 11.6. The largest absolute Gasteiger partial charge is 0.465 e. The molecule has 2 aromatic rings. The molecule has 0 saturated heterocycles. The molecule has 0 spiro atoms. The van der Waals surface area contributed by atoms with Crippen LogP contribution in [0.25, 0.3) is 11.3 Å². The fraction of sp³-hybridized carbons (Fsp3) is 0.188. The molecule has 0 unspecified atom stereocenters. The maximum atomic E-state index is 11.3. The SMILES string of the molecule is CCOC(=O)COc1nc(-c2ccccc2)ccc1C#N. The maximum absolute atomic E-state index is 11.3. The zero-order valence-corrected chi connectivity index (χ0v) is 11.6. The third-order valence-corrected chi connectivity index (χ3v) is 2.68. The number of rotatable bonds is 5. The van der Waals surface area contributed by atoms with E-state index in [4.69, 9.17) is 14.7 Å². The van der Waals surface area contributed by atoms with Crippen LogP contribution in [0.3, 0.4) is 0 Å². The van der Waals surface area contributed by atoms with Gasteiger partial charge in [-0.15, -0.1) is 0 Å². The highest BCUT2D eigenvalue weighted by Crippen LogP contribution is 2.22. The topological polar surface area (TPSA) is 72.2 Å². The summed E-state index contributed by atoms with van der Waals surface area (Å²) in [5, 5.41) is 9.06. The van der Waals surface area contributed by atoms with Gasteiger partial charge in [0.1, 0.15) is 11.6 Å². The summed E-state index contributed by atoms with van der Waals surface area (Å²) >= 11 is 0. The molecule has 0 fully saturated rings. The van der Waals surface area contributed by atoms with Crippen LogP contribution in [0, 0.1) is 11.3 Å². The fourth-order valence-corrected chi connectivity index (χ4v) is 1.74. The van der Waals surface area contributed by atoms with Crippen molar-refractivity contribution in [3.8, 4) is 23.2 Å². The van der Waals surface area contributed by atoms with Gasteiger partial charge in [0.2, 0.25) is 5.88 Å². The first-order chi connectivity index (χ1) is 10.2. The molecule has 0 aliphatic carbocycles. The van der Waals surface area contributed by atoms with Crippen molar-refractivity contribution in [3.05, 3.63) is 48.0 Å². The molecule has 21 heavy (non-hydrogen) atoms. The van der Waals surface area contributed by atoms with Crippen molar-refractivity contribution >= 4 is 5.97 Å². The highest BCUT2D eigenvalue weighted by molar-refractivity contribution is 5.71. The van der Waals surface area contributed by atoms with E-state index in [0.29, 0.717) is 5.69 Å². The van der Waals surface area contributed by atoms with E-state index < -0.39 is 5.97 Å². The van der Waals surface area contributed by atoms with E-state index in [1.54, 1.807) is 19.1 Å². The predicted octanol–water partition coefficient (Wildman–Crippen LogP) is 2.56.